The van der Waals surface area contributed by atoms with Crippen molar-refractivity contribution in [2.24, 2.45) is 0 Å². The second-order valence-electron chi connectivity index (χ2n) is 6.48. The monoisotopic (exact) mass is 386 g/mol. The highest BCUT2D eigenvalue weighted by Crippen LogP contribution is 2.25. The summed E-state index contributed by atoms with van der Waals surface area (Å²) in [5.41, 5.74) is 0. The summed E-state index contributed by atoms with van der Waals surface area (Å²) >= 11 is 0. The van der Waals surface area contributed by atoms with E-state index in [2.05, 4.69) is 0 Å². The summed E-state index contributed by atoms with van der Waals surface area (Å²) in [5, 5.41) is 0. The van der Waals surface area contributed by atoms with Crippen molar-refractivity contribution in [2.75, 3.05) is 0 Å². The van der Waals surface area contributed by atoms with Crippen molar-refractivity contribution in [3.8, 4) is 0 Å². The number of nitrogens with zero attached hydrogens (tertiary/aromatic N) is 4. The molecule has 3 heterocycles. The van der Waals surface area contributed by atoms with Crippen LogP contribution in [0.4, 0.5) is 0 Å². The molecule has 0 fully saturated rings. The normalized spacial score (nSPS) is 22.5. The van der Waals surface area contributed by atoms with Crippen molar-refractivity contribution in [3.05, 3.63) is 36.5 Å². The number of amides is 6. The van der Waals surface area contributed by atoms with E-state index in [1.54, 1.807) is 0 Å². The Balaban J connectivity index is 1.98. The van der Waals surface area contributed by atoms with Crippen LogP contribution in [-0.2, 0) is 28.8 Å². The number of hydrogen-bond acceptors (Lipinski definition) is 7. The van der Waals surface area contributed by atoms with Gasteiger partial charge in [0.15, 0.2) is 0 Å². The van der Waals surface area contributed by atoms with Gasteiger partial charge in [0.1, 0.15) is 0 Å². The average molecular weight is 386 g/mol. The first-order valence-electron chi connectivity index (χ1n) is 8.58. The first-order valence-corrected chi connectivity index (χ1v) is 8.58. The van der Waals surface area contributed by atoms with Gasteiger partial charge in [-0.25, -0.2) is 4.90 Å². The predicted octanol–water partition coefficient (Wildman–Crippen LogP) is -0.899. The van der Waals surface area contributed by atoms with Crippen LogP contribution in [0.5, 0.6) is 0 Å². The number of hydrogen-bond donors (Lipinski definition) is 0. The first-order chi connectivity index (χ1) is 13.1. The van der Waals surface area contributed by atoms with Crippen LogP contribution in [0.1, 0.15) is 20.8 Å². The number of rotatable bonds is 6. The van der Waals surface area contributed by atoms with Gasteiger partial charge in [-0.15, -0.1) is 0 Å². The van der Waals surface area contributed by atoms with E-state index in [1.165, 1.54) is 25.7 Å². The zero-order valence-electron chi connectivity index (χ0n) is 15.4. The molecule has 3 rings (SSSR count). The fraction of sp³-hybridized carbons (Fsp3) is 0.333. The molecular weight excluding hydrogens is 368 g/mol. The molecule has 146 valence electrons. The molecule has 0 aromatic carbocycles. The lowest BCUT2D eigenvalue weighted by Gasteiger charge is -2.46. The highest BCUT2D eigenvalue weighted by molar-refractivity contribution is 6.14. The molecule has 0 spiro atoms. The van der Waals surface area contributed by atoms with Gasteiger partial charge in [-0.1, -0.05) is 0 Å². The Labute approximate surface area is 160 Å². The van der Waals surface area contributed by atoms with E-state index in [0.717, 1.165) is 51.2 Å². The lowest BCUT2D eigenvalue weighted by Crippen LogP contribution is -2.64. The Morgan fingerprint density at radius 1 is 0.500 bits per heavy atom. The van der Waals surface area contributed by atoms with Crippen LogP contribution in [0.2, 0.25) is 0 Å². The molecule has 10 heteroatoms. The lowest BCUT2D eigenvalue weighted by molar-refractivity contribution is -0.162. The second-order valence-corrected chi connectivity index (χ2v) is 6.48. The number of imide groups is 3. The molecule has 0 saturated carbocycles. The third-order valence-corrected chi connectivity index (χ3v) is 4.95. The molecule has 0 aliphatic carbocycles. The van der Waals surface area contributed by atoms with Crippen LogP contribution in [0, 0.1) is 0 Å². The summed E-state index contributed by atoms with van der Waals surface area (Å²) in [5.74, 6) is -3.44. The maximum Gasteiger partial charge on any atom is 0.254 e. The highest BCUT2D eigenvalue weighted by Gasteiger charge is 2.44. The Hall–Kier alpha value is -3.40. The summed E-state index contributed by atoms with van der Waals surface area (Å²) in [6.07, 6.45) is 3.76. The van der Waals surface area contributed by atoms with Crippen LogP contribution >= 0.6 is 0 Å². The summed E-state index contributed by atoms with van der Waals surface area (Å²) < 4.78 is 0. The third-order valence-electron chi connectivity index (χ3n) is 4.95. The smallest absolute Gasteiger partial charge is 0.254 e. The van der Waals surface area contributed by atoms with E-state index in [4.69, 9.17) is 0 Å². The van der Waals surface area contributed by atoms with Crippen LogP contribution in [-0.4, -0.2) is 73.5 Å². The average Bonchev–Trinajstić information content (AvgIpc) is 3.25. The van der Waals surface area contributed by atoms with E-state index in [0.29, 0.717) is 0 Å². The third kappa shape index (κ3) is 2.97. The van der Waals surface area contributed by atoms with Crippen molar-refractivity contribution in [2.45, 2.75) is 39.3 Å². The molecular formula is C18H18N4O6. The molecule has 3 unspecified atom stereocenters. The Morgan fingerprint density at radius 2 is 0.679 bits per heavy atom. The van der Waals surface area contributed by atoms with Gasteiger partial charge >= 0.3 is 0 Å². The van der Waals surface area contributed by atoms with Crippen LogP contribution < -0.4 is 0 Å². The predicted molar refractivity (Wildman–Crippen MR) is 93.2 cm³/mol. The van der Waals surface area contributed by atoms with Gasteiger partial charge in [-0.2, -0.15) is 0 Å². The van der Waals surface area contributed by atoms with Crippen LogP contribution in [0.3, 0.4) is 0 Å². The minimum absolute atomic E-state index is 0.573. The van der Waals surface area contributed by atoms with Gasteiger partial charge < -0.3 is 0 Å². The van der Waals surface area contributed by atoms with E-state index in [1.807, 2.05) is 0 Å². The maximum atomic E-state index is 12.1. The molecule has 0 aromatic rings. The number of carbonyl (C=O) groups excluding carboxylic acids is 6. The van der Waals surface area contributed by atoms with Gasteiger partial charge in [0.2, 0.25) is 0 Å². The molecule has 0 saturated heterocycles. The fourth-order valence-electron chi connectivity index (χ4n) is 3.68. The molecule has 0 aromatic heterocycles. The standard InChI is InChI=1S/C18H18N4O6/c1-10(20-13(23)4-5-14(20)24)19(11(2)21-15(25)6-7-16(21)26)12(3)22-17(27)8-9-18(22)28/h4-12H,1-3H3. The fourth-order valence-corrected chi connectivity index (χ4v) is 3.68. The molecule has 3 atom stereocenters. The molecule has 28 heavy (non-hydrogen) atoms. The molecule has 0 bridgehead atoms. The molecule has 0 N–H and O–H groups in total. The van der Waals surface area contributed by atoms with E-state index in [-0.39, 0.29) is 0 Å². The minimum atomic E-state index is -0.956. The Kier molecular flexibility index (Phi) is 4.82. The van der Waals surface area contributed by atoms with Crippen molar-refractivity contribution in [1.29, 1.82) is 0 Å². The van der Waals surface area contributed by atoms with Crippen molar-refractivity contribution >= 4 is 35.4 Å². The summed E-state index contributed by atoms with van der Waals surface area (Å²) in [7, 11) is 0. The van der Waals surface area contributed by atoms with E-state index in [9.17, 15) is 28.8 Å². The van der Waals surface area contributed by atoms with Crippen molar-refractivity contribution in [3.63, 3.8) is 0 Å². The van der Waals surface area contributed by atoms with Gasteiger partial charge in [0, 0.05) is 36.5 Å². The number of carbonyl (C=O) groups is 6. The Morgan fingerprint density at radius 3 is 0.857 bits per heavy atom. The van der Waals surface area contributed by atoms with E-state index >= 15 is 0 Å². The van der Waals surface area contributed by atoms with Crippen LogP contribution in [0.25, 0.3) is 0 Å². The quantitative estimate of drug-likeness (QED) is 0.543. The summed E-state index contributed by atoms with van der Waals surface area (Å²) in [6.45, 7) is 4.56. The Bertz CT molecular complexity index is 720. The summed E-state index contributed by atoms with van der Waals surface area (Å²) in [4.78, 5) is 77.1. The largest absolute Gasteiger partial charge is 0.269 e. The van der Waals surface area contributed by atoms with Gasteiger partial charge in [0.05, 0.1) is 18.5 Å². The maximum absolute atomic E-state index is 12.1. The lowest BCUT2D eigenvalue weighted by atomic mass is 10.2. The SMILES string of the molecule is CC(N1C(=O)C=CC1=O)N(C(C)N1C(=O)C=CC1=O)C(C)N1C(=O)C=CC1=O. The first kappa shape index (κ1) is 19.4. The molecule has 6 amide bonds. The zero-order valence-corrected chi connectivity index (χ0v) is 15.4. The molecule has 3 aliphatic rings. The van der Waals surface area contributed by atoms with Crippen LogP contribution in [0.15, 0.2) is 36.5 Å². The van der Waals surface area contributed by atoms with Crippen molar-refractivity contribution < 1.29 is 28.8 Å². The van der Waals surface area contributed by atoms with Gasteiger partial charge in [-0.05, 0) is 20.8 Å². The molecule has 10 nitrogen and oxygen atoms in total. The van der Waals surface area contributed by atoms with Gasteiger partial charge in [0.25, 0.3) is 35.4 Å². The zero-order chi connectivity index (χ0) is 20.7. The molecule has 3 aliphatic heterocycles. The molecule has 0 radical (unpaired) electrons. The topological polar surface area (TPSA) is 115 Å². The van der Waals surface area contributed by atoms with Gasteiger partial charge in [-0.3, -0.25) is 43.5 Å². The van der Waals surface area contributed by atoms with Crippen molar-refractivity contribution in [1.82, 2.24) is 19.6 Å². The van der Waals surface area contributed by atoms with E-state index < -0.39 is 53.9 Å². The highest BCUT2D eigenvalue weighted by atomic mass is 16.2. The minimum Gasteiger partial charge on any atom is -0.269 e. The summed E-state index contributed by atoms with van der Waals surface area (Å²) in [6, 6.07) is 0. The second kappa shape index (κ2) is 6.97.